The molecule has 0 aliphatic carbocycles. The van der Waals surface area contributed by atoms with E-state index in [0.717, 1.165) is 57.3 Å². The van der Waals surface area contributed by atoms with Crippen LogP contribution in [-0.4, -0.2) is 72.6 Å². The minimum Gasteiger partial charge on any atom is -0.465 e. The summed E-state index contributed by atoms with van der Waals surface area (Å²) >= 11 is 1.96. The van der Waals surface area contributed by atoms with Crippen molar-refractivity contribution in [3.63, 3.8) is 0 Å². The minimum absolute atomic E-state index is 0.0853. The van der Waals surface area contributed by atoms with Crippen LogP contribution in [-0.2, 0) is 9.53 Å². The lowest BCUT2D eigenvalue weighted by Crippen LogP contribution is -2.50. The highest BCUT2D eigenvalue weighted by Crippen LogP contribution is 2.18. The van der Waals surface area contributed by atoms with Crippen molar-refractivity contribution in [3.8, 4) is 0 Å². The Bertz CT molecular complexity index is 512. The molecule has 0 spiro atoms. The summed E-state index contributed by atoms with van der Waals surface area (Å²) in [4.78, 5) is 17.1. The second kappa shape index (κ2) is 8.57. The molecule has 0 aromatic carbocycles. The second-order valence-electron chi connectivity index (χ2n) is 5.88. The van der Waals surface area contributed by atoms with E-state index in [1.54, 1.807) is 18.4 Å². The highest BCUT2D eigenvalue weighted by Gasteiger charge is 2.27. The predicted octanol–water partition coefficient (Wildman–Crippen LogP) is 1.96. The van der Waals surface area contributed by atoms with Crippen LogP contribution < -0.4 is 0 Å². The minimum atomic E-state index is 0.0853. The summed E-state index contributed by atoms with van der Waals surface area (Å²) in [6.07, 6.45) is 6.08. The number of hydrogen-bond donors (Lipinski definition) is 0. The summed E-state index contributed by atoms with van der Waals surface area (Å²) in [5, 5.41) is 0. The Labute approximate surface area is 141 Å². The molecule has 2 saturated heterocycles. The van der Waals surface area contributed by atoms with E-state index < -0.39 is 0 Å². The van der Waals surface area contributed by atoms with Gasteiger partial charge >= 0.3 is 0 Å². The molecule has 0 saturated carbocycles. The molecule has 0 radical (unpaired) electrons. The van der Waals surface area contributed by atoms with Gasteiger partial charge in [-0.1, -0.05) is 0 Å². The van der Waals surface area contributed by atoms with Crippen molar-refractivity contribution >= 4 is 23.7 Å². The molecule has 0 unspecified atom stereocenters. The van der Waals surface area contributed by atoms with Crippen LogP contribution in [0.5, 0.6) is 0 Å². The number of hydrogen-bond acceptors (Lipinski definition) is 5. The summed E-state index contributed by atoms with van der Waals surface area (Å²) in [6.45, 7) is 5.30. The van der Waals surface area contributed by atoms with E-state index >= 15 is 0 Å². The van der Waals surface area contributed by atoms with Gasteiger partial charge in [-0.15, -0.1) is 0 Å². The third-order valence-electron chi connectivity index (χ3n) is 4.23. The van der Waals surface area contributed by atoms with Gasteiger partial charge in [0.25, 0.3) is 0 Å². The van der Waals surface area contributed by atoms with Crippen LogP contribution >= 0.6 is 11.8 Å². The molecule has 0 bridgehead atoms. The maximum Gasteiger partial charge on any atom is 0.247 e. The fraction of sp³-hybridized carbons (Fsp3) is 0.588. The molecule has 2 fully saturated rings. The van der Waals surface area contributed by atoms with E-state index in [1.165, 1.54) is 0 Å². The van der Waals surface area contributed by atoms with Crippen LogP contribution in [0.15, 0.2) is 28.9 Å². The Hall–Kier alpha value is -1.24. The van der Waals surface area contributed by atoms with Gasteiger partial charge < -0.3 is 14.1 Å². The van der Waals surface area contributed by atoms with Gasteiger partial charge in [-0.25, -0.2) is 0 Å². The van der Waals surface area contributed by atoms with E-state index in [1.807, 2.05) is 28.8 Å². The molecule has 6 heteroatoms. The molecular formula is C17H24N2O3S. The standard InChI is InChI=1S/C17H24N2O3S/c20-17(5-4-16-3-1-9-22-16)19-6-2-12-23-14-15(19)13-18-7-10-21-11-8-18/h1,3-5,9,15H,2,6-8,10-14H2/b5-4+/t15-/m1/s1. The lowest BCUT2D eigenvalue weighted by molar-refractivity contribution is -0.128. The van der Waals surface area contributed by atoms with Crippen molar-refractivity contribution in [1.82, 2.24) is 9.80 Å². The molecule has 1 amide bonds. The first-order valence-corrected chi connectivity index (χ1v) is 9.38. The maximum absolute atomic E-state index is 12.6. The lowest BCUT2D eigenvalue weighted by Gasteiger charge is -2.35. The predicted molar refractivity (Wildman–Crippen MR) is 92.4 cm³/mol. The molecule has 5 nitrogen and oxygen atoms in total. The largest absolute Gasteiger partial charge is 0.465 e. The number of morpholine rings is 1. The first kappa shape index (κ1) is 16.6. The van der Waals surface area contributed by atoms with Crippen molar-refractivity contribution in [2.45, 2.75) is 12.5 Å². The van der Waals surface area contributed by atoms with Crippen LogP contribution in [0.3, 0.4) is 0 Å². The molecule has 2 aliphatic rings. The maximum atomic E-state index is 12.6. The zero-order valence-electron chi connectivity index (χ0n) is 13.4. The van der Waals surface area contributed by atoms with E-state index in [-0.39, 0.29) is 11.9 Å². The molecule has 2 aliphatic heterocycles. The van der Waals surface area contributed by atoms with Gasteiger partial charge in [0.05, 0.1) is 25.5 Å². The van der Waals surface area contributed by atoms with Crippen molar-refractivity contribution in [2.24, 2.45) is 0 Å². The number of ether oxygens (including phenoxy) is 1. The summed E-state index contributed by atoms with van der Waals surface area (Å²) in [5.41, 5.74) is 0. The second-order valence-corrected chi connectivity index (χ2v) is 7.03. The molecule has 23 heavy (non-hydrogen) atoms. The van der Waals surface area contributed by atoms with Crippen LogP contribution in [0.2, 0.25) is 0 Å². The summed E-state index contributed by atoms with van der Waals surface area (Å²) in [6, 6.07) is 3.95. The molecule has 1 aromatic rings. The first-order valence-electron chi connectivity index (χ1n) is 8.23. The number of rotatable bonds is 4. The van der Waals surface area contributed by atoms with Gasteiger partial charge in [-0.05, 0) is 30.4 Å². The molecule has 1 aromatic heterocycles. The number of carbonyl (C=O) groups excluding carboxylic acids is 1. The Kier molecular flexibility index (Phi) is 6.19. The highest BCUT2D eigenvalue weighted by molar-refractivity contribution is 7.99. The molecule has 3 heterocycles. The monoisotopic (exact) mass is 336 g/mol. The number of amides is 1. The Morgan fingerprint density at radius 2 is 2.22 bits per heavy atom. The fourth-order valence-electron chi connectivity index (χ4n) is 2.99. The van der Waals surface area contributed by atoms with Crippen molar-refractivity contribution in [1.29, 1.82) is 0 Å². The topological polar surface area (TPSA) is 45.9 Å². The van der Waals surface area contributed by atoms with Crippen molar-refractivity contribution < 1.29 is 13.9 Å². The van der Waals surface area contributed by atoms with Gasteiger partial charge in [0.1, 0.15) is 5.76 Å². The average Bonchev–Trinajstić information content (AvgIpc) is 2.99. The van der Waals surface area contributed by atoms with Crippen molar-refractivity contribution in [3.05, 3.63) is 30.2 Å². The quantitative estimate of drug-likeness (QED) is 0.787. The van der Waals surface area contributed by atoms with E-state index in [2.05, 4.69) is 4.90 Å². The Balaban J connectivity index is 1.63. The van der Waals surface area contributed by atoms with Crippen LogP contribution in [0.25, 0.3) is 6.08 Å². The lowest BCUT2D eigenvalue weighted by atomic mass is 10.2. The molecular weight excluding hydrogens is 312 g/mol. The summed E-state index contributed by atoms with van der Waals surface area (Å²) < 4.78 is 10.7. The number of thioether (sulfide) groups is 1. The Morgan fingerprint density at radius 3 is 3.00 bits per heavy atom. The van der Waals surface area contributed by atoms with Gasteiger partial charge in [-0.2, -0.15) is 11.8 Å². The van der Waals surface area contributed by atoms with E-state index in [0.29, 0.717) is 5.76 Å². The number of furan rings is 1. The zero-order chi connectivity index (χ0) is 15.9. The van der Waals surface area contributed by atoms with Gasteiger partial charge in [0.15, 0.2) is 0 Å². The van der Waals surface area contributed by atoms with Gasteiger partial charge in [0, 0.05) is 38.0 Å². The number of nitrogens with zero attached hydrogens (tertiary/aromatic N) is 2. The smallest absolute Gasteiger partial charge is 0.247 e. The van der Waals surface area contributed by atoms with E-state index in [4.69, 9.17) is 9.15 Å². The van der Waals surface area contributed by atoms with Gasteiger partial charge in [-0.3, -0.25) is 9.69 Å². The van der Waals surface area contributed by atoms with E-state index in [9.17, 15) is 4.79 Å². The van der Waals surface area contributed by atoms with Gasteiger partial charge in [0.2, 0.25) is 5.91 Å². The van der Waals surface area contributed by atoms with Crippen LogP contribution in [0.4, 0.5) is 0 Å². The summed E-state index contributed by atoms with van der Waals surface area (Å²) in [5.74, 6) is 2.94. The van der Waals surface area contributed by atoms with Crippen molar-refractivity contribution in [2.75, 3.05) is 50.9 Å². The number of carbonyl (C=O) groups is 1. The zero-order valence-corrected chi connectivity index (χ0v) is 14.2. The average molecular weight is 336 g/mol. The third-order valence-corrected chi connectivity index (χ3v) is 5.43. The first-order chi connectivity index (χ1) is 11.3. The molecule has 126 valence electrons. The SMILES string of the molecule is O=C(/C=C/c1ccco1)N1CCCSC[C@H]1CN1CCOCC1. The molecule has 0 N–H and O–H groups in total. The fourth-order valence-corrected chi connectivity index (χ4v) is 4.04. The van der Waals surface area contributed by atoms with Crippen LogP contribution in [0.1, 0.15) is 12.2 Å². The summed E-state index contributed by atoms with van der Waals surface area (Å²) in [7, 11) is 0. The molecule has 3 rings (SSSR count). The normalized spacial score (nSPS) is 24.0. The molecule has 1 atom stereocenters. The third kappa shape index (κ3) is 4.86. The van der Waals surface area contributed by atoms with Crippen LogP contribution in [0, 0.1) is 0 Å². The highest BCUT2D eigenvalue weighted by atomic mass is 32.2. The Morgan fingerprint density at radius 1 is 1.35 bits per heavy atom.